The molecule has 4 amide bonds. The maximum atomic E-state index is 12.7. The Morgan fingerprint density at radius 2 is 2.00 bits per heavy atom. The van der Waals surface area contributed by atoms with Crippen molar-refractivity contribution in [2.45, 2.75) is 58.0 Å². The lowest BCUT2D eigenvalue weighted by Gasteiger charge is -2.33. The van der Waals surface area contributed by atoms with Crippen LogP contribution in [0.15, 0.2) is 0 Å². The summed E-state index contributed by atoms with van der Waals surface area (Å²) in [5.74, 6) is 0.399. The van der Waals surface area contributed by atoms with Crippen molar-refractivity contribution in [2.75, 3.05) is 20.3 Å². The summed E-state index contributed by atoms with van der Waals surface area (Å²) in [5, 5.41) is 5.72. The third-order valence-electron chi connectivity index (χ3n) is 4.71. The number of urea groups is 1. The van der Waals surface area contributed by atoms with Crippen LogP contribution in [-0.2, 0) is 9.59 Å². The number of hydrogen-bond donors (Lipinski definition) is 3. The van der Waals surface area contributed by atoms with Gasteiger partial charge in [0.2, 0.25) is 0 Å². The predicted octanol–water partition coefficient (Wildman–Crippen LogP) is -0.516. The molecule has 1 spiro atoms. The van der Waals surface area contributed by atoms with Gasteiger partial charge in [-0.05, 0) is 45.4 Å². The van der Waals surface area contributed by atoms with Gasteiger partial charge in [0.15, 0.2) is 13.2 Å². The summed E-state index contributed by atoms with van der Waals surface area (Å²) in [6, 6.07) is -0.243. The fourth-order valence-corrected chi connectivity index (χ4v) is 3.39. The molecule has 7 heteroatoms. The number of carbonyl (C=O) groups is 3. The number of imide groups is 1. The fourth-order valence-electron chi connectivity index (χ4n) is 3.39. The number of carbonyl (C=O) groups excluding carboxylic acids is 3. The molecule has 0 aromatic rings. The number of rotatable bonds is 5. The van der Waals surface area contributed by atoms with Crippen LogP contribution in [0, 0.1) is 5.92 Å². The quantitative estimate of drug-likeness (QED) is 0.595. The summed E-state index contributed by atoms with van der Waals surface area (Å²) in [7, 11) is 1.81. The monoisotopic (exact) mass is 325 g/mol. The molecule has 1 heterocycles. The Balaban J connectivity index is 1.94. The third-order valence-corrected chi connectivity index (χ3v) is 4.71. The number of amides is 4. The zero-order valence-corrected chi connectivity index (χ0v) is 14.6. The van der Waals surface area contributed by atoms with E-state index >= 15 is 0 Å². The van der Waals surface area contributed by atoms with Crippen LogP contribution in [0.5, 0.6) is 0 Å². The Hall–Kier alpha value is -1.63. The topological polar surface area (TPSA) is 82.9 Å². The molecule has 2 fully saturated rings. The summed E-state index contributed by atoms with van der Waals surface area (Å²) in [4.78, 5) is 38.8. The molecule has 1 aliphatic carbocycles. The number of quaternary nitrogens is 1. The summed E-state index contributed by atoms with van der Waals surface area (Å²) in [6.45, 7) is 6.43. The number of hydrogen-bond acceptors (Lipinski definition) is 3. The van der Waals surface area contributed by atoms with E-state index in [-0.39, 0.29) is 37.1 Å². The van der Waals surface area contributed by atoms with E-state index in [1.54, 1.807) is 0 Å². The first-order valence-corrected chi connectivity index (χ1v) is 8.48. The van der Waals surface area contributed by atoms with Gasteiger partial charge in [-0.25, -0.2) is 9.69 Å². The molecule has 7 nitrogen and oxygen atoms in total. The van der Waals surface area contributed by atoms with Crippen LogP contribution in [0.1, 0.15) is 46.5 Å². The second kappa shape index (κ2) is 6.86. The average Bonchev–Trinajstić information content (AvgIpc) is 2.66. The molecule has 3 N–H and O–H groups in total. The normalized spacial score (nSPS) is 29.1. The highest BCUT2D eigenvalue weighted by Gasteiger charge is 2.52. The first-order valence-electron chi connectivity index (χ1n) is 8.48. The van der Waals surface area contributed by atoms with Gasteiger partial charge in [-0.1, -0.05) is 6.92 Å². The van der Waals surface area contributed by atoms with E-state index in [0.717, 1.165) is 17.7 Å². The molecule has 1 aliphatic heterocycles. The maximum absolute atomic E-state index is 12.7. The zero-order chi connectivity index (χ0) is 17.2. The summed E-state index contributed by atoms with van der Waals surface area (Å²) < 4.78 is 0. The molecule has 1 unspecified atom stereocenters. The predicted molar refractivity (Wildman–Crippen MR) is 85.6 cm³/mol. The van der Waals surface area contributed by atoms with Crippen LogP contribution in [0.3, 0.4) is 0 Å². The van der Waals surface area contributed by atoms with Crippen LogP contribution >= 0.6 is 0 Å². The summed E-state index contributed by atoms with van der Waals surface area (Å²) in [5.41, 5.74) is -0.704. The van der Waals surface area contributed by atoms with Crippen molar-refractivity contribution < 1.29 is 19.3 Å². The Labute approximate surface area is 137 Å². The van der Waals surface area contributed by atoms with Crippen molar-refractivity contribution in [2.24, 2.45) is 5.92 Å². The third kappa shape index (κ3) is 4.02. The van der Waals surface area contributed by atoms with E-state index in [0.29, 0.717) is 18.8 Å². The van der Waals surface area contributed by atoms with E-state index < -0.39 is 5.54 Å². The van der Waals surface area contributed by atoms with E-state index in [4.69, 9.17) is 0 Å². The molecule has 0 aromatic carbocycles. The van der Waals surface area contributed by atoms with Gasteiger partial charge in [-0.15, -0.1) is 0 Å². The Bertz CT molecular complexity index is 484. The minimum absolute atomic E-state index is 0.0780. The Morgan fingerprint density at radius 3 is 2.57 bits per heavy atom. The fraction of sp³-hybridized carbons (Fsp3) is 0.812. The van der Waals surface area contributed by atoms with Crippen molar-refractivity contribution in [3.8, 4) is 0 Å². The van der Waals surface area contributed by atoms with Crippen molar-refractivity contribution in [1.29, 1.82) is 0 Å². The molecule has 23 heavy (non-hydrogen) atoms. The van der Waals surface area contributed by atoms with Gasteiger partial charge < -0.3 is 15.5 Å². The minimum atomic E-state index is -0.704. The largest absolute Gasteiger partial charge is 0.349 e. The van der Waals surface area contributed by atoms with Crippen LogP contribution < -0.4 is 15.5 Å². The molecular weight excluding hydrogens is 296 g/mol. The molecule has 1 saturated carbocycles. The van der Waals surface area contributed by atoms with Crippen LogP contribution in [0.25, 0.3) is 0 Å². The molecule has 130 valence electrons. The molecule has 1 atom stereocenters. The van der Waals surface area contributed by atoms with Crippen molar-refractivity contribution in [3.05, 3.63) is 0 Å². The van der Waals surface area contributed by atoms with Gasteiger partial charge >= 0.3 is 6.03 Å². The lowest BCUT2D eigenvalue weighted by molar-refractivity contribution is -0.879. The molecule has 1 saturated heterocycles. The van der Waals surface area contributed by atoms with Gasteiger partial charge in [0.25, 0.3) is 11.8 Å². The van der Waals surface area contributed by atoms with Crippen LogP contribution in [0.2, 0.25) is 0 Å². The lowest BCUT2D eigenvalue weighted by atomic mass is 9.77. The van der Waals surface area contributed by atoms with Gasteiger partial charge in [0.05, 0.1) is 7.05 Å². The molecule has 0 bridgehead atoms. The zero-order valence-electron chi connectivity index (χ0n) is 14.6. The van der Waals surface area contributed by atoms with Crippen LogP contribution in [-0.4, -0.2) is 54.6 Å². The number of nitrogens with zero attached hydrogens (tertiary/aromatic N) is 1. The van der Waals surface area contributed by atoms with E-state index in [1.807, 2.05) is 20.9 Å². The van der Waals surface area contributed by atoms with E-state index in [1.165, 1.54) is 4.90 Å². The molecule has 0 aromatic heterocycles. The molecular formula is C16H29N4O3+. The molecule has 0 radical (unpaired) electrons. The Morgan fingerprint density at radius 1 is 1.39 bits per heavy atom. The van der Waals surface area contributed by atoms with Gasteiger partial charge in [0.1, 0.15) is 5.54 Å². The van der Waals surface area contributed by atoms with E-state index in [2.05, 4.69) is 17.6 Å². The minimum Gasteiger partial charge on any atom is -0.349 e. The highest BCUT2D eigenvalue weighted by atomic mass is 16.2. The second-order valence-electron chi connectivity index (χ2n) is 7.44. The summed E-state index contributed by atoms with van der Waals surface area (Å²) in [6.07, 6.45) is 3.34. The molecule has 2 rings (SSSR count). The SMILES string of the molecule is CC1CCC2(CC1)NC(=O)N(C[NH+](C)CC(=O)NC(C)C)C2=O. The van der Waals surface area contributed by atoms with E-state index in [9.17, 15) is 14.4 Å². The highest BCUT2D eigenvalue weighted by molar-refractivity contribution is 6.06. The first kappa shape index (κ1) is 17.7. The van der Waals surface area contributed by atoms with Crippen LogP contribution in [0.4, 0.5) is 4.79 Å². The smallest absolute Gasteiger partial charge is 0.329 e. The Kier molecular flexibility index (Phi) is 5.29. The van der Waals surface area contributed by atoms with Crippen molar-refractivity contribution >= 4 is 17.8 Å². The summed E-state index contributed by atoms with van der Waals surface area (Å²) >= 11 is 0. The average molecular weight is 325 g/mol. The molecule has 2 aliphatic rings. The van der Waals surface area contributed by atoms with Gasteiger partial charge in [-0.2, -0.15) is 0 Å². The van der Waals surface area contributed by atoms with Crippen molar-refractivity contribution in [3.63, 3.8) is 0 Å². The second-order valence-corrected chi connectivity index (χ2v) is 7.44. The van der Waals surface area contributed by atoms with Crippen molar-refractivity contribution in [1.82, 2.24) is 15.5 Å². The lowest BCUT2D eigenvalue weighted by Crippen LogP contribution is -3.12. The van der Waals surface area contributed by atoms with Gasteiger partial charge in [-0.3, -0.25) is 9.59 Å². The first-order chi connectivity index (χ1) is 10.7. The maximum Gasteiger partial charge on any atom is 0.329 e. The standard InChI is InChI=1S/C16H28N4O3/c1-11(2)17-13(21)9-19(4)10-20-14(22)16(18-15(20)23)7-5-12(3)6-8-16/h11-12H,5-10H2,1-4H3,(H,17,21)(H,18,23)/p+1. The number of nitrogens with one attached hydrogen (secondary N) is 3. The highest BCUT2D eigenvalue weighted by Crippen LogP contribution is 2.35. The van der Waals surface area contributed by atoms with Gasteiger partial charge in [0, 0.05) is 6.04 Å². The number of likely N-dealkylation sites (N-methyl/N-ethyl adjacent to an activating group) is 1.